The molecular formula is C12H17BrN2O2. The number of amides is 1. The Labute approximate surface area is 109 Å². The summed E-state index contributed by atoms with van der Waals surface area (Å²) in [6, 6.07) is 3.06. The molecule has 0 aromatic carbocycles. The molecule has 0 saturated carbocycles. The van der Waals surface area contributed by atoms with E-state index >= 15 is 0 Å². The number of aromatic nitrogens is 1. The van der Waals surface area contributed by atoms with Gasteiger partial charge in [0.15, 0.2) is 0 Å². The second-order valence-electron chi connectivity index (χ2n) is 4.26. The highest BCUT2D eigenvalue weighted by Crippen LogP contribution is 2.07. The van der Waals surface area contributed by atoms with Crippen molar-refractivity contribution in [3.8, 4) is 0 Å². The fraction of sp³-hybridized carbons (Fsp3) is 0.500. The molecule has 1 rings (SSSR count). The second kappa shape index (κ2) is 6.00. The molecular weight excluding hydrogens is 284 g/mol. The Balaban J connectivity index is 2.70. The predicted octanol–water partition coefficient (Wildman–Crippen LogP) is 1.68. The smallest absolute Gasteiger partial charge is 0.251 e. The molecule has 1 N–H and O–H groups in total. The Morgan fingerprint density at radius 2 is 2.18 bits per heavy atom. The van der Waals surface area contributed by atoms with Gasteiger partial charge in [0.1, 0.15) is 0 Å². The quantitative estimate of drug-likeness (QED) is 0.860. The average molecular weight is 301 g/mol. The molecule has 0 saturated heterocycles. The lowest BCUT2D eigenvalue weighted by atomic mass is 10.1. The summed E-state index contributed by atoms with van der Waals surface area (Å²) < 4.78 is 1.43. The van der Waals surface area contributed by atoms with Gasteiger partial charge >= 0.3 is 0 Å². The summed E-state index contributed by atoms with van der Waals surface area (Å²) in [6.07, 6.45) is 2.44. The van der Waals surface area contributed by atoms with Gasteiger partial charge in [0.25, 0.3) is 11.5 Å². The van der Waals surface area contributed by atoms with Gasteiger partial charge in [0.05, 0.1) is 0 Å². The fourth-order valence-electron chi connectivity index (χ4n) is 1.54. The number of hydrogen-bond acceptors (Lipinski definition) is 2. The topological polar surface area (TPSA) is 51.1 Å². The molecule has 0 aliphatic rings. The normalized spacial score (nSPS) is 14.1. The van der Waals surface area contributed by atoms with Crippen LogP contribution < -0.4 is 10.9 Å². The van der Waals surface area contributed by atoms with Crippen LogP contribution in [0.4, 0.5) is 0 Å². The Hall–Kier alpha value is -1.10. The van der Waals surface area contributed by atoms with Crippen molar-refractivity contribution in [1.82, 2.24) is 9.88 Å². The van der Waals surface area contributed by atoms with Gasteiger partial charge in [-0.3, -0.25) is 9.59 Å². The Morgan fingerprint density at radius 3 is 2.71 bits per heavy atom. The molecule has 94 valence electrons. The first kappa shape index (κ1) is 14.0. The van der Waals surface area contributed by atoms with E-state index in [9.17, 15) is 9.59 Å². The third-order valence-electron chi connectivity index (χ3n) is 2.42. The van der Waals surface area contributed by atoms with Crippen molar-refractivity contribution in [1.29, 1.82) is 0 Å². The number of pyridine rings is 1. The zero-order valence-corrected chi connectivity index (χ0v) is 11.8. The summed E-state index contributed by atoms with van der Waals surface area (Å²) in [5.41, 5.74) is 0.223. The highest BCUT2D eigenvalue weighted by molar-refractivity contribution is 9.09. The summed E-state index contributed by atoms with van der Waals surface area (Å²) in [5.74, 6) is -0.205. The summed E-state index contributed by atoms with van der Waals surface area (Å²) >= 11 is 3.44. The van der Waals surface area contributed by atoms with E-state index in [0.29, 0.717) is 10.4 Å². The molecule has 0 radical (unpaired) electrons. The molecule has 0 fully saturated rings. The van der Waals surface area contributed by atoms with E-state index in [1.165, 1.54) is 10.6 Å². The number of halogens is 1. The fourth-order valence-corrected chi connectivity index (χ4v) is 2.10. The SMILES string of the molecule is CC(Br)CC(C)NC(=O)c1ccn(C)c(=O)c1. The summed E-state index contributed by atoms with van der Waals surface area (Å²) in [6.45, 7) is 3.97. The van der Waals surface area contributed by atoms with Crippen LogP contribution >= 0.6 is 15.9 Å². The number of hydrogen-bond donors (Lipinski definition) is 1. The third kappa shape index (κ3) is 4.34. The number of nitrogens with zero attached hydrogens (tertiary/aromatic N) is 1. The zero-order chi connectivity index (χ0) is 13.0. The Bertz CT molecular complexity index is 454. The minimum Gasteiger partial charge on any atom is -0.350 e. The lowest BCUT2D eigenvalue weighted by molar-refractivity contribution is 0.0938. The molecule has 5 heteroatoms. The molecule has 0 bridgehead atoms. The van der Waals surface area contributed by atoms with Gasteiger partial charge < -0.3 is 9.88 Å². The lowest BCUT2D eigenvalue weighted by Crippen LogP contribution is -2.34. The lowest BCUT2D eigenvalue weighted by Gasteiger charge is -2.15. The minimum atomic E-state index is -0.205. The molecule has 4 nitrogen and oxygen atoms in total. The molecule has 1 aromatic rings. The average Bonchev–Trinajstić information content (AvgIpc) is 2.20. The number of aryl methyl sites for hydroxylation is 1. The third-order valence-corrected chi connectivity index (χ3v) is 2.80. The Kier molecular flexibility index (Phi) is 4.93. The van der Waals surface area contributed by atoms with Gasteiger partial charge in [-0.2, -0.15) is 0 Å². The molecule has 0 spiro atoms. The first-order valence-electron chi connectivity index (χ1n) is 5.51. The van der Waals surface area contributed by atoms with E-state index in [1.54, 1.807) is 19.3 Å². The van der Waals surface area contributed by atoms with Crippen LogP contribution in [0.5, 0.6) is 0 Å². The van der Waals surface area contributed by atoms with Gasteiger partial charge in [-0.25, -0.2) is 0 Å². The van der Waals surface area contributed by atoms with Crippen LogP contribution in [0.3, 0.4) is 0 Å². The van der Waals surface area contributed by atoms with Crippen molar-refractivity contribution in [3.63, 3.8) is 0 Å². The van der Waals surface area contributed by atoms with Gasteiger partial charge in [-0.1, -0.05) is 22.9 Å². The van der Waals surface area contributed by atoms with Crippen LogP contribution in [0.15, 0.2) is 23.1 Å². The minimum absolute atomic E-state index is 0.0703. The van der Waals surface area contributed by atoms with Crippen LogP contribution in [0.25, 0.3) is 0 Å². The summed E-state index contributed by atoms with van der Waals surface area (Å²) in [4.78, 5) is 23.6. The highest BCUT2D eigenvalue weighted by Gasteiger charge is 2.12. The molecule has 17 heavy (non-hydrogen) atoms. The van der Waals surface area contributed by atoms with Gasteiger partial charge in [0, 0.05) is 35.7 Å². The molecule has 1 amide bonds. The number of alkyl halides is 1. The van der Waals surface area contributed by atoms with Crippen molar-refractivity contribution >= 4 is 21.8 Å². The van der Waals surface area contributed by atoms with E-state index in [0.717, 1.165) is 6.42 Å². The standard InChI is InChI=1S/C12H17BrN2O2/c1-8(13)6-9(2)14-12(17)10-4-5-15(3)11(16)7-10/h4-5,7-9H,6H2,1-3H3,(H,14,17). The van der Waals surface area contributed by atoms with Crippen molar-refractivity contribution < 1.29 is 4.79 Å². The monoisotopic (exact) mass is 300 g/mol. The zero-order valence-electron chi connectivity index (χ0n) is 10.2. The molecule has 1 heterocycles. The van der Waals surface area contributed by atoms with Crippen LogP contribution in [-0.2, 0) is 7.05 Å². The maximum atomic E-state index is 11.8. The van der Waals surface area contributed by atoms with E-state index in [4.69, 9.17) is 0 Å². The van der Waals surface area contributed by atoms with E-state index in [1.807, 2.05) is 13.8 Å². The predicted molar refractivity (Wildman–Crippen MR) is 71.6 cm³/mol. The molecule has 1 aromatic heterocycles. The van der Waals surface area contributed by atoms with E-state index in [2.05, 4.69) is 21.2 Å². The van der Waals surface area contributed by atoms with Gasteiger partial charge in [-0.15, -0.1) is 0 Å². The van der Waals surface area contributed by atoms with Crippen LogP contribution in [0.1, 0.15) is 30.6 Å². The maximum absolute atomic E-state index is 11.8. The van der Waals surface area contributed by atoms with Crippen LogP contribution in [0, 0.1) is 0 Å². The van der Waals surface area contributed by atoms with Crippen molar-refractivity contribution in [3.05, 3.63) is 34.2 Å². The van der Waals surface area contributed by atoms with Crippen LogP contribution in [0.2, 0.25) is 0 Å². The first-order chi connectivity index (χ1) is 7.90. The van der Waals surface area contributed by atoms with Crippen molar-refractivity contribution in [2.75, 3.05) is 0 Å². The highest BCUT2D eigenvalue weighted by atomic mass is 79.9. The second-order valence-corrected chi connectivity index (χ2v) is 5.82. The number of carbonyl (C=O) groups excluding carboxylic acids is 1. The number of carbonyl (C=O) groups is 1. The summed E-state index contributed by atoms with van der Waals surface area (Å²) in [5, 5.41) is 2.86. The number of nitrogens with one attached hydrogen (secondary N) is 1. The van der Waals surface area contributed by atoms with E-state index < -0.39 is 0 Å². The van der Waals surface area contributed by atoms with Gasteiger partial charge in [0.2, 0.25) is 0 Å². The van der Waals surface area contributed by atoms with E-state index in [-0.39, 0.29) is 17.5 Å². The van der Waals surface area contributed by atoms with Crippen molar-refractivity contribution in [2.24, 2.45) is 7.05 Å². The van der Waals surface area contributed by atoms with Crippen molar-refractivity contribution in [2.45, 2.75) is 31.1 Å². The summed E-state index contributed by atoms with van der Waals surface area (Å²) in [7, 11) is 1.65. The molecule has 0 aliphatic heterocycles. The molecule has 2 atom stereocenters. The maximum Gasteiger partial charge on any atom is 0.251 e. The molecule has 0 aliphatic carbocycles. The number of rotatable bonds is 4. The first-order valence-corrected chi connectivity index (χ1v) is 6.43. The van der Waals surface area contributed by atoms with Gasteiger partial charge in [-0.05, 0) is 19.4 Å². The largest absolute Gasteiger partial charge is 0.350 e. The molecule has 2 unspecified atom stereocenters. The Morgan fingerprint density at radius 1 is 1.53 bits per heavy atom. The van der Waals surface area contributed by atoms with Crippen LogP contribution in [-0.4, -0.2) is 21.3 Å².